The third-order valence-electron chi connectivity index (χ3n) is 2.63. The SMILES string of the molecule is O=C(COc1ccccc1)NCCOc1ccccc1Br. The summed E-state index contributed by atoms with van der Waals surface area (Å²) >= 11 is 3.40. The number of ether oxygens (including phenoxy) is 2. The van der Waals surface area contributed by atoms with Gasteiger partial charge in [-0.25, -0.2) is 0 Å². The number of halogens is 1. The summed E-state index contributed by atoms with van der Waals surface area (Å²) in [7, 11) is 0. The predicted molar refractivity (Wildman–Crippen MR) is 84.6 cm³/mol. The molecule has 0 aliphatic carbocycles. The fourth-order valence-corrected chi connectivity index (χ4v) is 2.03. The van der Waals surface area contributed by atoms with E-state index in [4.69, 9.17) is 9.47 Å². The lowest BCUT2D eigenvalue weighted by molar-refractivity contribution is -0.123. The fraction of sp³-hybridized carbons (Fsp3) is 0.188. The lowest BCUT2D eigenvalue weighted by Gasteiger charge is -2.09. The summed E-state index contributed by atoms with van der Waals surface area (Å²) in [6, 6.07) is 16.8. The van der Waals surface area contributed by atoms with E-state index in [-0.39, 0.29) is 12.5 Å². The smallest absolute Gasteiger partial charge is 0.258 e. The van der Waals surface area contributed by atoms with Crippen LogP contribution < -0.4 is 14.8 Å². The van der Waals surface area contributed by atoms with Gasteiger partial charge in [0.2, 0.25) is 0 Å². The molecule has 0 aromatic heterocycles. The zero-order chi connectivity index (χ0) is 14.9. The second-order valence-electron chi connectivity index (χ2n) is 4.23. The van der Waals surface area contributed by atoms with Gasteiger partial charge in [-0.15, -0.1) is 0 Å². The van der Waals surface area contributed by atoms with Crippen molar-refractivity contribution in [3.8, 4) is 11.5 Å². The van der Waals surface area contributed by atoms with Crippen LogP contribution in [0.1, 0.15) is 0 Å². The number of amides is 1. The molecule has 1 amide bonds. The van der Waals surface area contributed by atoms with E-state index in [0.29, 0.717) is 18.9 Å². The Hall–Kier alpha value is -2.01. The molecule has 0 bridgehead atoms. The van der Waals surface area contributed by atoms with Gasteiger partial charge in [-0.3, -0.25) is 4.79 Å². The van der Waals surface area contributed by atoms with Crippen LogP contribution in [0.15, 0.2) is 59.1 Å². The highest BCUT2D eigenvalue weighted by Crippen LogP contribution is 2.23. The molecule has 0 aliphatic heterocycles. The van der Waals surface area contributed by atoms with Crippen LogP contribution >= 0.6 is 15.9 Å². The zero-order valence-corrected chi connectivity index (χ0v) is 13.0. The summed E-state index contributed by atoms with van der Waals surface area (Å²) in [5.41, 5.74) is 0. The highest BCUT2D eigenvalue weighted by molar-refractivity contribution is 9.10. The van der Waals surface area contributed by atoms with Gasteiger partial charge in [-0.05, 0) is 40.2 Å². The van der Waals surface area contributed by atoms with Crippen molar-refractivity contribution < 1.29 is 14.3 Å². The van der Waals surface area contributed by atoms with Crippen LogP contribution in [0, 0.1) is 0 Å². The molecule has 0 saturated carbocycles. The summed E-state index contributed by atoms with van der Waals surface area (Å²) in [5, 5.41) is 2.74. The Morgan fingerprint density at radius 2 is 1.71 bits per heavy atom. The molecule has 2 aromatic carbocycles. The summed E-state index contributed by atoms with van der Waals surface area (Å²) in [4.78, 5) is 11.6. The van der Waals surface area contributed by atoms with Crippen molar-refractivity contribution in [2.75, 3.05) is 19.8 Å². The van der Waals surface area contributed by atoms with E-state index in [0.717, 1.165) is 10.2 Å². The molecule has 0 fully saturated rings. The highest BCUT2D eigenvalue weighted by Gasteiger charge is 2.03. The van der Waals surface area contributed by atoms with E-state index < -0.39 is 0 Å². The maximum absolute atomic E-state index is 11.6. The maximum atomic E-state index is 11.6. The van der Waals surface area contributed by atoms with Gasteiger partial charge in [0.25, 0.3) is 5.91 Å². The normalized spacial score (nSPS) is 9.95. The van der Waals surface area contributed by atoms with Crippen LogP contribution in [-0.2, 0) is 4.79 Å². The van der Waals surface area contributed by atoms with Crippen LogP contribution in [0.4, 0.5) is 0 Å². The largest absolute Gasteiger partial charge is 0.491 e. The quantitative estimate of drug-likeness (QED) is 0.781. The molecule has 110 valence electrons. The van der Waals surface area contributed by atoms with E-state index in [1.165, 1.54) is 0 Å². The van der Waals surface area contributed by atoms with Crippen molar-refractivity contribution in [3.63, 3.8) is 0 Å². The van der Waals surface area contributed by atoms with Crippen LogP contribution in [0.3, 0.4) is 0 Å². The summed E-state index contributed by atoms with van der Waals surface area (Å²) < 4.78 is 11.8. The van der Waals surface area contributed by atoms with Crippen LogP contribution in [-0.4, -0.2) is 25.7 Å². The Morgan fingerprint density at radius 3 is 2.48 bits per heavy atom. The molecule has 2 rings (SSSR count). The Labute approximate surface area is 132 Å². The molecule has 4 nitrogen and oxygen atoms in total. The van der Waals surface area contributed by atoms with Crippen molar-refractivity contribution >= 4 is 21.8 Å². The Kier molecular flexibility index (Phi) is 6.09. The average Bonchev–Trinajstić information content (AvgIpc) is 2.52. The van der Waals surface area contributed by atoms with Crippen molar-refractivity contribution in [1.29, 1.82) is 0 Å². The number of benzene rings is 2. The van der Waals surface area contributed by atoms with Gasteiger partial charge in [0, 0.05) is 0 Å². The van der Waals surface area contributed by atoms with Gasteiger partial charge in [0.1, 0.15) is 18.1 Å². The first-order valence-corrected chi connectivity index (χ1v) is 7.37. The van der Waals surface area contributed by atoms with Crippen LogP contribution in [0.5, 0.6) is 11.5 Å². The Bertz CT molecular complexity index is 575. The molecule has 1 N–H and O–H groups in total. The molecule has 0 heterocycles. The summed E-state index contributed by atoms with van der Waals surface area (Å²) in [6.07, 6.45) is 0. The minimum absolute atomic E-state index is 0.000948. The molecule has 0 spiro atoms. The summed E-state index contributed by atoms with van der Waals surface area (Å²) in [5.74, 6) is 1.26. The number of hydrogen-bond acceptors (Lipinski definition) is 3. The van der Waals surface area contributed by atoms with Crippen molar-refractivity contribution in [1.82, 2.24) is 5.32 Å². The molecule has 0 radical (unpaired) electrons. The Balaban J connectivity index is 1.62. The standard InChI is InChI=1S/C16H16BrNO3/c17-14-8-4-5-9-15(14)20-11-10-18-16(19)12-21-13-6-2-1-3-7-13/h1-9H,10-12H2,(H,18,19). The van der Waals surface area contributed by atoms with Crippen molar-refractivity contribution in [2.24, 2.45) is 0 Å². The zero-order valence-electron chi connectivity index (χ0n) is 11.4. The number of rotatable bonds is 7. The molecule has 0 aliphatic rings. The van der Waals surface area contributed by atoms with Crippen molar-refractivity contribution in [2.45, 2.75) is 0 Å². The number of hydrogen-bond donors (Lipinski definition) is 1. The molecule has 0 atom stereocenters. The van der Waals surface area contributed by atoms with Gasteiger partial charge in [0.05, 0.1) is 11.0 Å². The lowest BCUT2D eigenvalue weighted by Crippen LogP contribution is -2.32. The fourth-order valence-electron chi connectivity index (χ4n) is 1.63. The molecule has 0 unspecified atom stereocenters. The first-order valence-electron chi connectivity index (χ1n) is 6.57. The van der Waals surface area contributed by atoms with Gasteiger partial charge in [-0.1, -0.05) is 30.3 Å². The molecule has 0 saturated heterocycles. The second-order valence-corrected chi connectivity index (χ2v) is 5.08. The summed E-state index contributed by atoms with van der Waals surface area (Å²) in [6.45, 7) is 0.830. The first kappa shape index (κ1) is 15.4. The monoisotopic (exact) mass is 349 g/mol. The maximum Gasteiger partial charge on any atom is 0.258 e. The highest BCUT2D eigenvalue weighted by atomic mass is 79.9. The molecular formula is C16H16BrNO3. The van der Waals surface area contributed by atoms with Crippen LogP contribution in [0.25, 0.3) is 0 Å². The van der Waals surface area contributed by atoms with E-state index in [2.05, 4.69) is 21.2 Å². The third kappa shape index (κ3) is 5.47. The minimum Gasteiger partial charge on any atom is -0.491 e. The van der Waals surface area contributed by atoms with Gasteiger partial charge in [0.15, 0.2) is 6.61 Å². The minimum atomic E-state index is -0.172. The predicted octanol–water partition coefficient (Wildman–Crippen LogP) is 3.02. The van der Waals surface area contributed by atoms with Crippen LogP contribution in [0.2, 0.25) is 0 Å². The van der Waals surface area contributed by atoms with E-state index in [1.807, 2.05) is 54.6 Å². The van der Waals surface area contributed by atoms with Crippen molar-refractivity contribution in [3.05, 3.63) is 59.1 Å². The first-order chi connectivity index (χ1) is 10.3. The van der Waals surface area contributed by atoms with E-state index >= 15 is 0 Å². The lowest BCUT2D eigenvalue weighted by atomic mass is 10.3. The Morgan fingerprint density at radius 1 is 1.00 bits per heavy atom. The molecule has 21 heavy (non-hydrogen) atoms. The van der Waals surface area contributed by atoms with E-state index in [1.54, 1.807) is 0 Å². The number of nitrogens with one attached hydrogen (secondary N) is 1. The average molecular weight is 350 g/mol. The number of para-hydroxylation sites is 2. The number of carbonyl (C=O) groups is 1. The third-order valence-corrected chi connectivity index (χ3v) is 3.29. The molecule has 5 heteroatoms. The second kappa shape index (κ2) is 8.32. The van der Waals surface area contributed by atoms with Gasteiger partial charge in [-0.2, -0.15) is 0 Å². The van der Waals surface area contributed by atoms with E-state index in [9.17, 15) is 4.79 Å². The van der Waals surface area contributed by atoms with Gasteiger partial charge < -0.3 is 14.8 Å². The number of carbonyl (C=O) groups excluding carboxylic acids is 1. The molecule has 2 aromatic rings. The van der Waals surface area contributed by atoms with Gasteiger partial charge >= 0.3 is 0 Å². The molecular weight excluding hydrogens is 334 g/mol. The topological polar surface area (TPSA) is 47.6 Å².